The molecule has 0 heterocycles. The van der Waals surface area contributed by atoms with Crippen LogP contribution in [0.1, 0.15) is 37.8 Å². The van der Waals surface area contributed by atoms with Gasteiger partial charge in [-0.1, -0.05) is 164 Å². The molecule has 0 radical (unpaired) electrons. The molecule has 0 nitrogen and oxygen atoms in total. The van der Waals surface area contributed by atoms with Gasteiger partial charge in [0.1, 0.15) is 0 Å². The predicted octanol–water partition coefficient (Wildman–Crippen LogP) is 13.4. The Morgan fingerprint density at radius 3 is 1.78 bits per heavy atom. The molecule has 7 aromatic carbocycles. The van der Waals surface area contributed by atoms with Gasteiger partial charge in [-0.3, -0.25) is 0 Å². The fourth-order valence-corrected chi connectivity index (χ4v) is 6.92. The summed E-state index contributed by atoms with van der Waals surface area (Å²) in [6.07, 6.45) is 15.3. The van der Waals surface area contributed by atoms with Gasteiger partial charge in [-0.05, 0) is 109 Å². The summed E-state index contributed by atoms with van der Waals surface area (Å²) < 4.78 is 0. The van der Waals surface area contributed by atoms with Crippen molar-refractivity contribution in [1.82, 2.24) is 0 Å². The average Bonchev–Trinajstić information content (AvgIpc) is 3.11. The maximum absolute atomic E-state index is 2.40. The zero-order valence-electron chi connectivity index (χ0n) is 26.6. The Morgan fingerprint density at radius 2 is 1.11 bits per heavy atom. The van der Waals surface area contributed by atoms with Gasteiger partial charge in [0.15, 0.2) is 0 Å². The molecule has 0 aliphatic carbocycles. The Balaban J connectivity index is 1.47. The Morgan fingerprint density at radius 1 is 0.543 bits per heavy atom. The number of hydrogen-bond donors (Lipinski definition) is 0. The van der Waals surface area contributed by atoms with Crippen LogP contribution < -0.4 is 0 Å². The number of fused-ring (bicyclic) bond motifs is 5. The molecule has 222 valence electrons. The van der Waals surface area contributed by atoms with Crippen LogP contribution in [0.25, 0.3) is 65.4 Å². The van der Waals surface area contributed by atoms with E-state index in [0.29, 0.717) is 0 Å². The lowest BCUT2D eigenvalue weighted by molar-refractivity contribution is 1.05. The van der Waals surface area contributed by atoms with Crippen molar-refractivity contribution in [3.63, 3.8) is 0 Å². The SMILES string of the molecule is C/C=C\C=C/CC/C=C(\C=C(/C)c1c2ccccc2c(-c2cc3ccccc3c3ccccc23)c2ccccc12)c1ccccc1. The summed E-state index contributed by atoms with van der Waals surface area (Å²) in [4.78, 5) is 0. The van der Waals surface area contributed by atoms with Crippen LogP contribution in [0.2, 0.25) is 0 Å². The third-order valence-electron chi connectivity index (χ3n) is 8.98. The highest BCUT2D eigenvalue weighted by Crippen LogP contribution is 2.45. The van der Waals surface area contributed by atoms with E-state index in [1.807, 2.05) is 0 Å². The Labute approximate surface area is 272 Å². The first-order chi connectivity index (χ1) is 22.7. The van der Waals surface area contributed by atoms with Crippen LogP contribution >= 0.6 is 0 Å². The Kier molecular flexibility index (Phi) is 8.44. The van der Waals surface area contributed by atoms with Crippen molar-refractivity contribution in [3.8, 4) is 11.1 Å². The van der Waals surface area contributed by atoms with Crippen molar-refractivity contribution in [3.05, 3.63) is 181 Å². The van der Waals surface area contributed by atoms with Crippen LogP contribution in [0.15, 0.2) is 170 Å². The van der Waals surface area contributed by atoms with Crippen molar-refractivity contribution >= 4 is 54.2 Å². The minimum absolute atomic E-state index is 0.984. The van der Waals surface area contributed by atoms with Crippen molar-refractivity contribution in [2.75, 3.05) is 0 Å². The summed E-state index contributed by atoms with van der Waals surface area (Å²) in [7, 11) is 0. The second kappa shape index (κ2) is 13.3. The number of rotatable bonds is 8. The summed E-state index contributed by atoms with van der Waals surface area (Å²) in [5, 5.41) is 10.3. The molecule has 0 amide bonds. The van der Waals surface area contributed by atoms with Crippen LogP contribution in [0, 0.1) is 0 Å². The van der Waals surface area contributed by atoms with Gasteiger partial charge in [0.25, 0.3) is 0 Å². The molecule has 7 rings (SSSR count). The molecule has 0 fully saturated rings. The molecule has 0 spiro atoms. The standard InChI is InChI=1S/C46H38/c1-3-4-5-6-7-9-22-35(34-20-10-8-11-21-34)31-33(2)45-40-27-16-18-29-42(40)46(43-30-19-17-28-41(43)45)44-32-36-23-12-13-24-37(36)38-25-14-15-26-39(38)44/h3-6,8,10-32H,7,9H2,1-2H3/b4-3-,6-5-,33-31+,35-22+. The molecule has 0 saturated carbocycles. The van der Waals surface area contributed by atoms with Crippen molar-refractivity contribution in [2.45, 2.75) is 26.7 Å². The van der Waals surface area contributed by atoms with E-state index in [9.17, 15) is 0 Å². The predicted molar refractivity (Wildman–Crippen MR) is 203 cm³/mol. The first-order valence-corrected chi connectivity index (χ1v) is 16.3. The summed E-state index contributed by atoms with van der Waals surface area (Å²) in [5.41, 5.74) is 7.65. The van der Waals surface area contributed by atoms with E-state index in [-0.39, 0.29) is 0 Å². The van der Waals surface area contributed by atoms with Gasteiger partial charge >= 0.3 is 0 Å². The molecule has 0 aliphatic heterocycles. The molecule has 46 heavy (non-hydrogen) atoms. The van der Waals surface area contributed by atoms with Gasteiger partial charge in [-0.2, -0.15) is 0 Å². The van der Waals surface area contributed by atoms with E-state index in [4.69, 9.17) is 0 Å². The van der Waals surface area contributed by atoms with Gasteiger partial charge in [-0.15, -0.1) is 0 Å². The number of unbranched alkanes of at least 4 members (excludes halogenated alkanes) is 1. The van der Waals surface area contributed by atoms with E-state index in [2.05, 4.69) is 184 Å². The van der Waals surface area contributed by atoms with E-state index in [1.165, 1.54) is 76.5 Å². The quantitative estimate of drug-likeness (QED) is 0.0715. The molecular formula is C46H38. The molecule has 0 aromatic heterocycles. The highest BCUT2D eigenvalue weighted by molar-refractivity contribution is 6.24. The van der Waals surface area contributed by atoms with Crippen LogP contribution in [0.5, 0.6) is 0 Å². The molecule has 0 atom stereocenters. The van der Waals surface area contributed by atoms with Gasteiger partial charge in [0.2, 0.25) is 0 Å². The number of hydrogen-bond acceptors (Lipinski definition) is 0. The average molecular weight is 591 g/mol. The molecule has 0 N–H and O–H groups in total. The van der Waals surface area contributed by atoms with Crippen LogP contribution in [0.3, 0.4) is 0 Å². The van der Waals surface area contributed by atoms with Crippen molar-refractivity contribution in [1.29, 1.82) is 0 Å². The number of allylic oxidation sites excluding steroid dienone is 8. The molecule has 7 aromatic rings. The second-order valence-electron chi connectivity index (χ2n) is 11.9. The maximum Gasteiger partial charge on any atom is -0.00199 e. The van der Waals surface area contributed by atoms with Crippen LogP contribution in [-0.2, 0) is 0 Å². The van der Waals surface area contributed by atoms with Gasteiger partial charge < -0.3 is 0 Å². The van der Waals surface area contributed by atoms with Gasteiger partial charge in [0, 0.05) is 0 Å². The molecule has 0 unspecified atom stereocenters. The third kappa shape index (κ3) is 5.59. The zero-order valence-corrected chi connectivity index (χ0v) is 26.6. The van der Waals surface area contributed by atoms with Crippen molar-refractivity contribution < 1.29 is 0 Å². The molecule has 0 aliphatic rings. The van der Waals surface area contributed by atoms with Gasteiger partial charge in [-0.25, -0.2) is 0 Å². The van der Waals surface area contributed by atoms with Crippen molar-refractivity contribution in [2.24, 2.45) is 0 Å². The summed E-state index contributed by atoms with van der Waals surface area (Å²) in [6.45, 7) is 4.33. The van der Waals surface area contributed by atoms with E-state index >= 15 is 0 Å². The van der Waals surface area contributed by atoms with E-state index in [0.717, 1.165) is 12.8 Å². The lowest BCUT2D eigenvalue weighted by Gasteiger charge is -2.20. The lowest BCUT2D eigenvalue weighted by atomic mass is 9.83. The zero-order chi connectivity index (χ0) is 31.3. The molecular weight excluding hydrogens is 553 g/mol. The van der Waals surface area contributed by atoms with E-state index in [1.54, 1.807) is 0 Å². The molecule has 0 saturated heterocycles. The van der Waals surface area contributed by atoms with E-state index < -0.39 is 0 Å². The fourth-order valence-electron chi connectivity index (χ4n) is 6.92. The minimum Gasteiger partial charge on any atom is -0.0877 e. The van der Waals surface area contributed by atoms with Crippen LogP contribution in [0.4, 0.5) is 0 Å². The van der Waals surface area contributed by atoms with Gasteiger partial charge in [0.05, 0.1) is 0 Å². The normalized spacial score (nSPS) is 12.8. The Hall–Kier alpha value is -5.46. The highest BCUT2D eigenvalue weighted by Gasteiger charge is 2.18. The van der Waals surface area contributed by atoms with Crippen LogP contribution in [-0.4, -0.2) is 0 Å². The first-order valence-electron chi connectivity index (χ1n) is 16.3. The minimum atomic E-state index is 0.984. The largest absolute Gasteiger partial charge is 0.0877 e. The maximum atomic E-state index is 2.40. The summed E-state index contributed by atoms with van der Waals surface area (Å²) in [5.74, 6) is 0. The lowest BCUT2D eigenvalue weighted by Crippen LogP contribution is -1.94. The monoisotopic (exact) mass is 590 g/mol. The molecule has 0 bridgehead atoms. The first kappa shape index (κ1) is 29.3. The number of benzene rings is 7. The Bertz CT molecular complexity index is 2250. The summed E-state index contributed by atoms with van der Waals surface area (Å²) in [6, 6.07) is 48.8. The molecule has 0 heteroatoms. The fraction of sp³-hybridized carbons (Fsp3) is 0.0870. The second-order valence-corrected chi connectivity index (χ2v) is 11.9. The smallest absolute Gasteiger partial charge is 0.00199 e. The summed E-state index contributed by atoms with van der Waals surface area (Å²) >= 11 is 0. The third-order valence-corrected chi connectivity index (χ3v) is 8.98. The topological polar surface area (TPSA) is 0 Å². The highest BCUT2D eigenvalue weighted by atomic mass is 14.2.